The molecule has 0 fully saturated rings. The summed E-state index contributed by atoms with van der Waals surface area (Å²) in [5.41, 5.74) is 0. The molecule has 0 radical (unpaired) electrons. The van der Waals surface area contributed by atoms with Crippen molar-refractivity contribution in [1.82, 2.24) is 4.90 Å². The fourth-order valence-electron chi connectivity index (χ4n) is 1.49. The van der Waals surface area contributed by atoms with Gasteiger partial charge in [-0.15, -0.1) is 0 Å². The van der Waals surface area contributed by atoms with Gasteiger partial charge in [0.15, 0.2) is 6.10 Å². The third kappa shape index (κ3) is 9.42. The van der Waals surface area contributed by atoms with Gasteiger partial charge in [-0.3, -0.25) is 19.2 Å². The number of amides is 1. The lowest BCUT2D eigenvalue weighted by Gasteiger charge is -2.25. The Bertz CT molecular complexity index is 374. The Morgan fingerprint density at radius 1 is 0.857 bits per heavy atom. The molecule has 21 heavy (non-hydrogen) atoms. The van der Waals surface area contributed by atoms with Gasteiger partial charge in [0.2, 0.25) is 0 Å². The Morgan fingerprint density at radius 3 is 1.62 bits per heavy atom. The van der Waals surface area contributed by atoms with Crippen LogP contribution in [-0.2, 0) is 33.4 Å². The molecule has 0 aromatic heterocycles. The average molecular weight is 303 g/mol. The molecule has 0 bridgehead atoms. The molecule has 0 saturated heterocycles. The predicted octanol–water partition coefficient (Wildman–Crippen LogP) is -0.107. The van der Waals surface area contributed by atoms with Gasteiger partial charge >= 0.3 is 17.9 Å². The van der Waals surface area contributed by atoms with E-state index in [0.717, 1.165) is 0 Å². The summed E-state index contributed by atoms with van der Waals surface area (Å²) in [6.07, 6.45) is -0.961. The molecule has 8 nitrogen and oxygen atoms in total. The van der Waals surface area contributed by atoms with Crippen LogP contribution < -0.4 is 0 Å². The second-order valence-electron chi connectivity index (χ2n) is 4.26. The molecule has 8 heteroatoms. The molecule has 1 atom stereocenters. The minimum atomic E-state index is -0.961. The topological polar surface area (TPSA) is 99.2 Å². The van der Waals surface area contributed by atoms with Crippen LogP contribution in [0.1, 0.15) is 27.7 Å². The van der Waals surface area contributed by atoms with Crippen LogP contribution in [0.4, 0.5) is 0 Å². The van der Waals surface area contributed by atoms with Crippen molar-refractivity contribution in [3.05, 3.63) is 0 Å². The largest absolute Gasteiger partial charge is 0.464 e. The van der Waals surface area contributed by atoms with E-state index in [4.69, 9.17) is 14.2 Å². The lowest BCUT2D eigenvalue weighted by atomic mass is 10.3. The molecule has 0 unspecified atom stereocenters. The predicted molar refractivity (Wildman–Crippen MR) is 71.1 cm³/mol. The van der Waals surface area contributed by atoms with Crippen LogP contribution in [0.2, 0.25) is 0 Å². The van der Waals surface area contributed by atoms with E-state index in [0.29, 0.717) is 0 Å². The molecule has 0 spiro atoms. The minimum absolute atomic E-state index is 0.00787. The first kappa shape index (κ1) is 18.9. The van der Waals surface area contributed by atoms with Gasteiger partial charge in [-0.1, -0.05) is 0 Å². The molecule has 0 aliphatic heterocycles. The van der Waals surface area contributed by atoms with Crippen molar-refractivity contribution >= 4 is 23.8 Å². The highest BCUT2D eigenvalue weighted by molar-refractivity contribution is 5.83. The third-order valence-corrected chi connectivity index (χ3v) is 2.34. The van der Waals surface area contributed by atoms with Crippen LogP contribution >= 0.6 is 0 Å². The number of esters is 3. The maximum atomic E-state index is 12.1. The van der Waals surface area contributed by atoms with Gasteiger partial charge in [0.1, 0.15) is 13.2 Å². The number of carbonyl (C=O) groups excluding carboxylic acids is 4. The van der Waals surface area contributed by atoms with Gasteiger partial charge in [0.25, 0.3) is 5.91 Å². The zero-order valence-electron chi connectivity index (χ0n) is 12.7. The normalized spacial score (nSPS) is 11.2. The molecular formula is C13H21NO7. The lowest BCUT2D eigenvalue weighted by Crippen LogP contribution is -2.43. The van der Waals surface area contributed by atoms with Crippen LogP contribution in [0.3, 0.4) is 0 Å². The molecule has 0 aromatic carbocycles. The van der Waals surface area contributed by atoms with Crippen molar-refractivity contribution in [3.8, 4) is 0 Å². The summed E-state index contributed by atoms with van der Waals surface area (Å²) in [5, 5.41) is 0. The lowest BCUT2D eigenvalue weighted by molar-refractivity contribution is -0.158. The van der Waals surface area contributed by atoms with Gasteiger partial charge in [0.05, 0.1) is 13.1 Å². The zero-order valence-corrected chi connectivity index (χ0v) is 12.7. The van der Waals surface area contributed by atoms with Crippen molar-refractivity contribution in [3.63, 3.8) is 0 Å². The number of carbonyl (C=O) groups is 4. The highest BCUT2D eigenvalue weighted by Gasteiger charge is 2.23. The Morgan fingerprint density at radius 2 is 1.29 bits per heavy atom. The molecule has 0 saturated carbocycles. The van der Waals surface area contributed by atoms with Crippen molar-refractivity contribution < 1.29 is 33.4 Å². The maximum Gasteiger partial charge on any atom is 0.303 e. The molecule has 0 heterocycles. The SMILES string of the molecule is CC(=O)OCCN(CCOC(C)=O)C(=O)[C@@H](C)OC(C)=O. The van der Waals surface area contributed by atoms with Gasteiger partial charge in [-0.25, -0.2) is 0 Å². The second kappa shape index (κ2) is 9.73. The first-order chi connectivity index (χ1) is 9.73. The minimum Gasteiger partial charge on any atom is -0.464 e. The Hall–Kier alpha value is -2.12. The van der Waals surface area contributed by atoms with E-state index in [-0.39, 0.29) is 26.3 Å². The number of nitrogens with zero attached hydrogens (tertiary/aromatic N) is 1. The van der Waals surface area contributed by atoms with Crippen molar-refractivity contribution in [1.29, 1.82) is 0 Å². The van der Waals surface area contributed by atoms with Crippen LogP contribution in [0.5, 0.6) is 0 Å². The monoisotopic (exact) mass is 303 g/mol. The molecule has 1 amide bonds. The Balaban J connectivity index is 4.52. The summed E-state index contributed by atoms with van der Waals surface area (Å²) in [6.45, 7) is 5.40. The van der Waals surface area contributed by atoms with Crippen LogP contribution in [0, 0.1) is 0 Å². The van der Waals surface area contributed by atoms with Gasteiger partial charge in [-0.2, -0.15) is 0 Å². The fraction of sp³-hybridized carbons (Fsp3) is 0.692. The number of ether oxygens (including phenoxy) is 3. The first-order valence-corrected chi connectivity index (χ1v) is 6.46. The van der Waals surface area contributed by atoms with Crippen molar-refractivity contribution in [2.45, 2.75) is 33.8 Å². The van der Waals surface area contributed by atoms with Crippen molar-refractivity contribution in [2.75, 3.05) is 26.3 Å². The summed E-state index contributed by atoms with van der Waals surface area (Å²) < 4.78 is 14.3. The van der Waals surface area contributed by atoms with E-state index in [1.165, 1.54) is 32.6 Å². The zero-order chi connectivity index (χ0) is 16.4. The van der Waals surface area contributed by atoms with Crippen molar-refractivity contribution in [2.24, 2.45) is 0 Å². The highest BCUT2D eigenvalue weighted by atomic mass is 16.5. The average Bonchev–Trinajstić information content (AvgIpc) is 2.34. The summed E-state index contributed by atoms with van der Waals surface area (Å²) in [4.78, 5) is 45.7. The first-order valence-electron chi connectivity index (χ1n) is 6.46. The Kier molecular flexibility index (Phi) is 8.75. The van der Waals surface area contributed by atoms with E-state index in [1.54, 1.807) is 0 Å². The summed E-state index contributed by atoms with van der Waals surface area (Å²) in [7, 11) is 0. The molecule has 120 valence electrons. The summed E-state index contributed by atoms with van der Waals surface area (Å²) in [5.74, 6) is -1.95. The van der Waals surface area contributed by atoms with Gasteiger partial charge in [0, 0.05) is 20.8 Å². The maximum absolute atomic E-state index is 12.1. The van der Waals surface area contributed by atoms with Gasteiger partial charge < -0.3 is 19.1 Å². The van der Waals surface area contributed by atoms with E-state index >= 15 is 0 Å². The molecule has 0 aromatic rings. The Labute approximate surface area is 123 Å². The van der Waals surface area contributed by atoms with E-state index in [2.05, 4.69) is 0 Å². The molecule has 0 rings (SSSR count). The molecule has 0 aliphatic rings. The molecule has 0 aliphatic carbocycles. The second-order valence-corrected chi connectivity index (χ2v) is 4.26. The number of hydrogen-bond acceptors (Lipinski definition) is 7. The van der Waals surface area contributed by atoms with E-state index in [9.17, 15) is 19.2 Å². The van der Waals surface area contributed by atoms with E-state index < -0.39 is 29.9 Å². The third-order valence-electron chi connectivity index (χ3n) is 2.34. The summed E-state index contributed by atoms with van der Waals surface area (Å²) in [6, 6.07) is 0. The van der Waals surface area contributed by atoms with Gasteiger partial charge in [-0.05, 0) is 6.92 Å². The van der Waals surface area contributed by atoms with Crippen LogP contribution in [0.15, 0.2) is 0 Å². The molecule has 0 N–H and O–H groups in total. The van der Waals surface area contributed by atoms with Crippen LogP contribution in [-0.4, -0.2) is 61.1 Å². The smallest absolute Gasteiger partial charge is 0.303 e. The number of rotatable bonds is 8. The number of hydrogen-bond donors (Lipinski definition) is 0. The van der Waals surface area contributed by atoms with E-state index in [1.807, 2.05) is 0 Å². The molecular weight excluding hydrogens is 282 g/mol. The standard InChI is InChI=1S/C13H21NO7/c1-9(21-12(4)17)13(18)14(5-7-19-10(2)15)6-8-20-11(3)16/h9H,5-8H2,1-4H3/t9-/m1/s1. The fourth-order valence-corrected chi connectivity index (χ4v) is 1.49. The van der Waals surface area contributed by atoms with Crippen LogP contribution in [0.25, 0.3) is 0 Å². The summed E-state index contributed by atoms with van der Waals surface area (Å²) >= 11 is 0. The highest BCUT2D eigenvalue weighted by Crippen LogP contribution is 2.01. The quantitative estimate of drug-likeness (QED) is 0.456.